The lowest BCUT2D eigenvalue weighted by Crippen LogP contribution is -2.49. The van der Waals surface area contributed by atoms with E-state index in [0.29, 0.717) is 12.1 Å². The van der Waals surface area contributed by atoms with Crippen LogP contribution in [-0.4, -0.2) is 67.3 Å². The average molecular weight is 330 g/mol. The number of pyridine rings is 1. The van der Waals surface area contributed by atoms with Crippen LogP contribution in [0, 0.1) is 0 Å². The Hall–Kier alpha value is -1.66. The first-order chi connectivity index (χ1) is 11.8. The summed E-state index contributed by atoms with van der Waals surface area (Å²) in [4.78, 5) is 21.6. The number of hydrogen-bond donors (Lipinski definition) is 1. The second-order valence-corrected chi connectivity index (χ2v) is 7.02. The maximum Gasteiger partial charge on any atom is 0.251 e. The molecule has 3 aliphatic rings. The van der Waals surface area contributed by atoms with Gasteiger partial charge >= 0.3 is 0 Å². The Kier molecular flexibility index (Phi) is 4.67. The first kappa shape index (κ1) is 15.8. The molecule has 0 spiro atoms. The molecule has 1 amide bonds. The number of amides is 1. The number of piperidine rings is 1. The van der Waals surface area contributed by atoms with Crippen LogP contribution in [0.3, 0.4) is 0 Å². The number of rotatable bonds is 4. The monoisotopic (exact) mass is 330 g/mol. The van der Waals surface area contributed by atoms with Crippen LogP contribution in [-0.2, 0) is 4.74 Å². The summed E-state index contributed by atoms with van der Waals surface area (Å²) in [6, 6.07) is 4.79. The van der Waals surface area contributed by atoms with Gasteiger partial charge in [0.25, 0.3) is 5.91 Å². The van der Waals surface area contributed by atoms with Crippen LogP contribution in [0.15, 0.2) is 18.3 Å². The molecule has 0 aromatic carbocycles. The van der Waals surface area contributed by atoms with E-state index in [1.807, 2.05) is 12.1 Å². The van der Waals surface area contributed by atoms with Gasteiger partial charge in [0.15, 0.2) is 0 Å². The minimum absolute atomic E-state index is 0.0318. The lowest BCUT2D eigenvalue weighted by molar-refractivity contribution is 0.0115. The van der Waals surface area contributed by atoms with Crippen molar-refractivity contribution in [3.05, 3.63) is 23.9 Å². The molecule has 4 rings (SSSR count). The quantitative estimate of drug-likeness (QED) is 0.901. The third-order valence-electron chi connectivity index (χ3n) is 5.27. The van der Waals surface area contributed by atoms with Crippen molar-refractivity contribution in [3.63, 3.8) is 0 Å². The molecular weight excluding hydrogens is 304 g/mol. The van der Waals surface area contributed by atoms with Crippen molar-refractivity contribution in [2.24, 2.45) is 0 Å². The number of anilines is 1. The smallest absolute Gasteiger partial charge is 0.251 e. The van der Waals surface area contributed by atoms with Crippen molar-refractivity contribution in [2.45, 2.75) is 37.8 Å². The second-order valence-electron chi connectivity index (χ2n) is 7.02. The molecule has 2 saturated heterocycles. The fourth-order valence-electron chi connectivity index (χ4n) is 3.63. The molecule has 6 nitrogen and oxygen atoms in total. The highest BCUT2D eigenvalue weighted by molar-refractivity contribution is 5.95. The summed E-state index contributed by atoms with van der Waals surface area (Å²) in [6.07, 6.45) is 6.28. The molecule has 2 aliphatic heterocycles. The van der Waals surface area contributed by atoms with Crippen LogP contribution in [0.5, 0.6) is 0 Å². The number of carbonyl (C=O) groups is 1. The topological polar surface area (TPSA) is 57.7 Å². The molecule has 3 fully saturated rings. The van der Waals surface area contributed by atoms with Crippen LogP contribution in [0.25, 0.3) is 0 Å². The van der Waals surface area contributed by atoms with Crippen LogP contribution >= 0.6 is 0 Å². The normalized spacial score (nSPS) is 23.2. The summed E-state index contributed by atoms with van der Waals surface area (Å²) >= 11 is 0. The van der Waals surface area contributed by atoms with Crippen LogP contribution in [0.1, 0.15) is 36.0 Å². The predicted molar refractivity (Wildman–Crippen MR) is 92.4 cm³/mol. The van der Waals surface area contributed by atoms with Gasteiger partial charge in [0, 0.05) is 50.0 Å². The number of nitrogens with one attached hydrogen (secondary N) is 1. The van der Waals surface area contributed by atoms with Crippen molar-refractivity contribution in [2.75, 3.05) is 44.3 Å². The van der Waals surface area contributed by atoms with Crippen LogP contribution in [0.4, 0.5) is 5.82 Å². The van der Waals surface area contributed by atoms with E-state index in [9.17, 15) is 4.79 Å². The Morgan fingerprint density at radius 3 is 2.58 bits per heavy atom. The first-order valence-corrected chi connectivity index (χ1v) is 9.13. The van der Waals surface area contributed by atoms with Gasteiger partial charge in [-0.1, -0.05) is 0 Å². The van der Waals surface area contributed by atoms with Gasteiger partial charge in [0.2, 0.25) is 0 Å². The molecule has 0 radical (unpaired) electrons. The lowest BCUT2D eigenvalue weighted by atomic mass is 10.0. The molecule has 0 unspecified atom stereocenters. The molecule has 1 aliphatic carbocycles. The van der Waals surface area contributed by atoms with Crippen LogP contribution < -0.4 is 10.2 Å². The van der Waals surface area contributed by atoms with Crippen molar-refractivity contribution in [1.29, 1.82) is 0 Å². The number of hydrogen-bond acceptors (Lipinski definition) is 5. The van der Waals surface area contributed by atoms with E-state index in [1.54, 1.807) is 6.20 Å². The molecule has 6 heteroatoms. The Balaban J connectivity index is 1.35. The fraction of sp³-hybridized carbons (Fsp3) is 0.667. The molecule has 3 heterocycles. The van der Waals surface area contributed by atoms with E-state index < -0.39 is 0 Å². The highest BCUT2D eigenvalue weighted by Crippen LogP contribution is 2.23. The maximum absolute atomic E-state index is 12.2. The van der Waals surface area contributed by atoms with Crippen molar-refractivity contribution < 1.29 is 9.53 Å². The Morgan fingerprint density at radius 1 is 1.12 bits per heavy atom. The lowest BCUT2D eigenvalue weighted by Gasteiger charge is -2.40. The number of nitrogens with zero attached hydrogens (tertiary/aromatic N) is 3. The van der Waals surface area contributed by atoms with Gasteiger partial charge in [-0.15, -0.1) is 0 Å². The molecule has 1 aromatic rings. The molecule has 0 bridgehead atoms. The van der Waals surface area contributed by atoms with E-state index in [-0.39, 0.29) is 5.91 Å². The summed E-state index contributed by atoms with van der Waals surface area (Å²) in [5.41, 5.74) is 0.724. The average Bonchev–Trinajstić information content (AvgIpc) is 3.47. The van der Waals surface area contributed by atoms with Crippen molar-refractivity contribution in [1.82, 2.24) is 15.2 Å². The summed E-state index contributed by atoms with van der Waals surface area (Å²) in [5, 5.41) is 3.05. The minimum Gasteiger partial charge on any atom is -0.379 e. The fourth-order valence-corrected chi connectivity index (χ4v) is 3.63. The largest absolute Gasteiger partial charge is 0.379 e. The van der Waals surface area contributed by atoms with Gasteiger partial charge in [-0.25, -0.2) is 4.98 Å². The number of carbonyl (C=O) groups excluding carboxylic acids is 1. The van der Waals surface area contributed by atoms with Crippen LogP contribution in [0.2, 0.25) is 0 Å². The van der Waals surface area contributed by atoms with E-state index >= 15 is 0 Å². The van der Waals surface area contributed by atoms with E-state index in [2.05, 4.69) is 20.1 Å². The van der Waals surface area contributed by atoms with E-state index in [1.165, 1.54) is 0 Å². The molecule has 1 N–H and O–H groups in total. The van der Waals surface area contributed by atoms with Gasteiger partial charge in [0.05, 0.1) is 13.2 Å². The van der Waals surface area contributed by atoms with Gasteiger partial charge in [-0.2, -0.15) is 0 Å². The maximum atomic E-state index is 12.2. The molecule has 0 atom stereocenters. The molecule has 1 aromatic heterocycles. The van der Waals surface area contributed by atoms with Gasteiger partial charge in [0.1, 0.15) is 5.82 Å². The standard InChI is InChI=1S/C18H26N4O2/c23-18(20-15-1-2-15)14-3-6-19-17(13-14)22-7-4-16(5-8-22)21-9-11-24-12-10-21/h3,6,13,15-16H,1-2,4-5,7-12H2,(H,20,23). The Bertz CT molecular complexity index is 576. The molecule has 130 valence electrons. The Morgan fingerprint density at radius 2 is 1.88 bits per heavy atom. The first-order valence-electron chi connectivity index (χ1n) is 9.13. The third-order valence-corrected chi connectivity index (χ3v) is 5.27. The van der Waals surface area contributed by atoms with Gasteiger partial charge in [-0.3, -0.25) is 9.69 Å². The van der Waals surface area contributed by atoms with Crippen molar-refractivity contribution >= 4 is 11.7 Å². The molecular formula is C18H26N4O2. The van der Waals surface area contributed by atoms with Gasteiger partial charge in [-0.05, 0) is 37.8 Å². The molecule has 24 heavy (non-hydrogen) atoms. The number of aromatic nitrogens is 1. The summed E-state index contributed by atoms with van der Waals surface area (Å²) < 4.78 is 5.45. The number of ether oxygens (including phenoxy) is 1. The zero-order valence-corrected chi connectivity index (χ0v) is 14.1. The Labute approximate surface area is 143 Å². The second kappa shape index (κ2) is 7.07. The SMILES string of the molecule is O=C(NC1CC1)c1ccnc(N2CCC(N3CCOCC3)CC2)c1. The van der Waals surface area contributed by atoms with Gasteiger partial charge < -0.3 is 15.0 Å². The highest BCUT2D eigenvalue weighted by atomic mass is 16.5. The number of morpholine rings is 1. The third kappa shape index (κ3) is 3.70. The highest BCUT2D eigenvalue weighted by Gasteiger charge is 2.27. The minimum atomic E-state index is 0.0318. The molecule has 1 saturated carbocycles. The van der Waals surface area contributed by atoms with Crippen molar-refractivity contribution in [3.8, 4) is 0 Å². The summed E-state index contributed by atoms with van der Waals surface area (Å²) in [5.74, 6) is 0.961. The zero-order chi connectivity index (χ0) is 16.4. The van der Waals surface area contributed by atoms with E-state index in [0.717, 1.165) is 76.5 Å². The summed E-state index contributed by atoms with van der Waals surface area (Å²) in [7, 11) is 0. The summed E-state index contributed by atoms with van der Waals surface area (Å²) in [6.45, 7) is 5.84. The van der Waals surface area contributed by atoms with E-state index in [4.69, 9.17) is 4.74 Å². The predicted octanol–water partition coefficient (Wildman–Crippen LogP) is 1.27. The zero-order valence-electron chi connectivity index (χ0n) is 14.1.